The molecule has 5 nitrogen and oxygen atoms in total. The van der Waals surface area contributed by atoms with Crippen molar-refractivity contribution in [2.24, 2.45) is 0 Å². The Kier molecular flexibility index (Phi) is 3.80. The van der Waals surface area contributed by atoms with E-state index in [0.717, 1.165) is 23.6 Å². The van der Waals surface area contributed by atoms with Crippen molar-refractivity contribution in [3.05, 3.63) is 45.5 Å². The third kappa shape index (κ3) is 3.37. The summed E-state index contributed by atoms with van der Waals surface area (Å²) in [7, 11) is 0. The molecule has 130 valence electrons. The molecule has 1 saturated carbocycles. The Hall–Kier alpha value is -2.12. The molecule has 8 heteroatoms. The second-order valence-corrected chi connectivity index (χ2v) is 7.09. The van der Waals surface area contributed by atoms with Gasteiger partial charge in [-0.3, -0.25) is 4.79 Å². The van der Waals surface area contributed by atoms with Crippen molar-refractivity contribution in [2.45, 2.75) is 57.7 Å². The van der Waals surface area contributed by atoms with Crippen LogP contribution in [0.3, 0.4) is 0 Å². The Balaban J connectivity index is 1.99. The average molecular weight is 341 g/mol. The summed E-state index contributed by atoms with van der Waals surface area (Å²) in [5, 5.41) is 4.08. The molecular formula is C16H18F3N3O2. The van der Waals surface area contributed by atoms with Crippen LogP contribution in [0.2, 0.25) is 0 Å². The fourth-order valence-corrected chi connectivity index (χ4v) is 2.31. The molecule has 0 N–H and O–H groups in total. The van der Waals surface area contributed by atoms with Crippen LogP contribution in [0.25, 0.3) is 0 Å². The van der Waals surface area contributed by atoms with Crippen molar-refractivity contribution in [2.75, 3.05) is 0 Å². The van der Waals surface area contributed by atoms with E-state index in [1.165, 1.54) is 6.20 Å². The van der Waals surface area contributed by atoms with Gasteiger partial charge in [-0.2, -0.15) is 18.3 Å². The highest BCUT2D eigenvalue weighted by Gasteiger charge is 2.37. The van der Waals surface area contributed by atoms with E-state index in [9.17, 15) is 18.0 Å². The third-order valence-corrected chi connectivity index (χ3v) is 3.87. The predicted octanol–water partition coefficient (Wildman–Crippen LogP) is 3.47. The molecule has 0 saturated heterocycles. The van der Waals surface area contributed by atoms with E-state index in [0.29, 0.717) is 11.5 Å². The number of oxazole rings is 1. The van der Waals surface area contributed by atoms with Crippen molar-refractivity contribution in [3.8, 4) is 0 Å². The molecule has 0 unspecified atom stereocenters. The van der Waals surface area contributed by atoms with Crippen molar-refractivity contribution in [1.82, 2.24) is 14.8 Å². The zero-order valence-electron chi connectivity index (χ0n) is 13.6. The lowest BCUT2D eigenvalue weighted by Gasteiger charge is -2.13. The van der Waals surface area contributed by atoms with Gasteiger partial charge >= 0.3 is 6.18 Å². The standard InChI is InChI=1S/C16H18F3N3O2/c1-15(2,3)12-7-20-13(24-12)8-22-14(23)10(16(17,18)19)6-11(21-22)9-4-5-9/h6-7,9H,4-5,8H2,1-3H3. The van der Waals surface area contributed by atoms with Gasteiger partial charge in [-0.1, -0.05) is 20.8 Å². The lowest BCUT2D eigenvalue weighted by molar-refractivity contribution is -0.139. The van der Waals surface area contributed by atoms with Crippen LogP contribution in [0.15, 0.2) is 21.5 Å². The van der Waals surface area contributed by atoms with Crippen LogP contribution in [0.5, 0.6) is 0 Å². The maximum atomic E-state index is 13.1. The van der Waals surface area contributed by atoms with Gasteiger partial charge in [0.05, 0.1) is 11.9 Å². The zero-order chi connectivity index (χ0) is 17.7. The Morgan fingerprint density at radius 3 is 2.46 bits per heavy atom. The molecule has 0 amide bonds. The molecule has 1 fully saturated rings. The lowest BCUT2D eigenvalue weighted by atomic mass is 9.94. The van der Waals surface area contributed by atoms with Gasteiger partial charge in [0.2, 0.25) is 5.89 Å². The van der Waals surface area contributed by atoms with Crippen molar-refractivity contribution in [1.29, 1.82) is 0 Å². The number of hydrogen-bond donors (Lipinski definition) is 0. The summed E-state index contributed by atoms with van der Waals surface area (Å²) in [5.74, 6) is 0.753. The molecule has 0 atom stereocenters. The van der Waals surface area contributed by atoms with E-state index in [2.05, 4.69) is 10.1 Å². The summed E-state index contributed by atoms with van der Waals surface area (Å²) in [6.45, 7) is 5.56. The summed E-state index contributed by atoms with van der Waals surface area (Å²) >= 11 is 0. The first-order valence-electron chi connectivity index (χ1n) is 7.70. The van der Waals surface area contributed by atoms with Crippen LogP contribution in [0.1, 0.15) is 62.4 Å². The molecule has 2 aromatic heterocycles. The fraction of sp³-hybridized carbons (Fsp3) is 0.562. The highest BCUT2D eigenvalue weighted by Crippen LogP contribution is 2.40. The largest absolute Gasteiger partial charge is 0.443 e. The van der Waals surface area contributed by atoms with E-state index in [1.807, 2.05) is 20.8 Å². The maximum Gasteiger partial charge on any atom is 0.421 e. The molecule has 2 heterocycles. The SMILES string of the molecule is CC(C)(C)c1cnc(Cn2nc(C3CC3)cc(C(F)(F)F)c2=O)o1. The number of rotatable bonds is 3. The highest BCUT2D eigenvalue weighted by atomic mass is 19.4. The smallest absolute Gasteiger partial charge is 0.421 e. The zero-order valence-corrected chi connectivity index (χ0v) is 13.6. The first-order valence-corrected chi connectivity index (χ1v) is 7.70. The molecule has 0 spiro atoms. The van der Waals surface area contributed by atoms with Crippen LogP contribution in [0, 0.1) is 0 Å². The van der Waals surface area contributed by atoms with Gasteiger partial charge in [-0.25, -0.2) is 9.67 Å². The minimum Gasteiger partial charge on any atom is -0.443 e. The van der Waals surface area contributed by atoms with Crippen LogP contribution >= 0.6 is 0 Å². The molecule has 0 aromatic carbocycles. The quantitative estimate of drug-likeness (QED) is 0.858. The second kappa shape index (κ2) is 5.46. The Bertz CT molecular complexity index is 811. The fourth-order valence-electron chi connectivity index (χ4n) is 2.31. The van der Waals surface area contributed by atoms with Crippen LogP contribution in [-0.2, 0) is 18.1 Å². The number of nitrogens with zero attached hydrogens (tertiary/aromatic N) is 3. The topological polar surface area (TPSA) is 60.9 Å². The third-order valence-electron chi connectivity index (χ3n) is 3.87. The molecular weight excluding hydrogens is 323 g/mol. The van der Waals surface area contributed by atoms with Crippen LogP contribution in [0.4, 0.5) is 13.2 Å². The summed E-state index contributed by atoms with van der Waals surface area (Å²) < 4.78 is 45.7. The Labute approximate surface area is 136 Å². The number of alkyl halides is 3. The Morgan fingerprint density at radius 1 is 1.29 bits per heavy atom. The molecule has 0 bridgehead atoms. The molecule has 1 aliphatic rings. The van der Waals surface area contributed by atoms with Crippen molar-refractivity contribution >= 4 is 0 Å². The number of aromatic nitrogens is 3. The Morgan fingerprint density at radius 2 is 1.96 bits per heavy atom. The van der Waals surface area contributed by atoms with Gasteiger partial charge in [-0.15, -0.1) is 0 Å². The minimum atomic E-state index is -4.71. The molecule has 0 aliphatic heterocycles. The second-order valence-electron chi connectivity index (χ2n) is 7.09. The normalized spacial score (nSPS) is 15.8. The van der Waals surface area contributed by atoms with E-state index in [-0.39, 0.29) is 23.8 Å². The molecule has 0 radical (unpaired) electrons. The van der Waals surface area contributed by atoms with Gasteiger partial charge in [-0.05, 0) is 18.9 Å². The summed E-state index contributed by atoms with van der Waals surface area (Å²) in [6, 6.07) is 0.868. The maximum absolute atomic E-state index is 13.1. The van der Waals surface area contributed by atoms with Crippen molar-refractivity contribution in [3.63, 3.8) is 0 Å². The minimum absolute atomic E-state index is 0.00681. The number of hydrogen-bond acceptors (Lipinski definition) is 4. The summed E-state index contributed by atoms with van der Waals surface area (Å²) in [5.41, 5.74) is -2.36. The van der Waals surface area contributed by atoms with Gasteiger partial charge in [0.1, 0.15) is 17.9 Å². The van der Waals surface area contributed by atoms with Gasteiger partial charge in [0.15, 0.2) is 0 Å². The molecule has 24 heavy (non-hydrogen) atoms. The van der Waals surface area contributed by atoms with Gasteiger partial charge < -0.3 is 4.42 Å². The molecule has 1 aliphatic carbocycles. The molecule has 2 aromatic rings. The first kappa shape index (κ1) is 16.7. The highest BCUT2D eigenvalue weighted by molar-refractivity contribution is 5.22. The average Bonchev–Trinajstić information content (AvgIpc) is 3.18. The predicted molar refractivity (Wildman–Crippen MR) is 79.8 cm³/mol. The lowest BCUT2D eigenvalue weighted by Crippen LogP contribution is -2.31. The summed E-state index contributed by atoms with van der Waals surface area (Å²) in [4.78, 5) is 16.2. The number of halogens is 3. The monoisotopic (exact) mass is 341 g/mol. The summed E-state index contributed by atoms with van der Waals surface area (Å²) in [6.07, 6.45) is -1.61. The van der Waals surface area contributed by atoms with E-state index >= 15 is 0 Å². The van der Waals surface area contributed by atoms with Gasteiger partial charge in [0.25, 0.3) is 5.56 Å². The van der Waals surface area contributed by atoms with Crippen molar-refractivity contribution < 1.29 is 17.6 Å². The van der Waals surface area contributed by atoms with Gasteiger partial charge in [0, 0.05) is 11.3 Å². The van der Waals surface area contributed by atoms with Crippen LogP contribution in [-0.4, -0.2) is 14.8 Å². The van der Waals surface area contributed by atoms with E-state index in [1.54, 1.807) is 0 Å². The molecule has 3 rings (SSSR count). The first-order chi connectivity index (χ1) is 11.1. The van der Waals surface area contributed by atoms with Crippen LogP contribution < -0.4 is 5.56 Å². The van der Waals surface area contributed by atoms with E-state index in [4.69, 9.17) is 4.42 Å². The van der Waals surface area contributed by atoms with E-state index < -0.39 is 17.3 Å².